The fourth-order valence-corrected chi connectivity index (χ4v) is 2.90. The van der Waals surface area contributed by atoms with Crippen molar-refractivity contribution in [1.29, 1.82) is 0 Å². The first-order valence-corrected chi connectivity index (χ1v) is 8.91. The fourth-order valence-electron chi connectivity index (χ4n) is 2.60. The predicted octanol–water partition coefficient (Wildman–Crippen LogP) is 3.55. The highest BCUT2D eigenvalue weighted by atomic mass is 35.5. The number of aromatic nitrogens is 4. The van der Waals surface area contributed by atoms with Crippen molar-refractivity contribution in [3.63, 3.8) is 0 Å². The molecule has 1 N–H and O–H groups in total. The molecular formula is C18H17Cl2N5O2. The summed E-state index contributed by atoms with van der Waals surface area (Å²) in [7, 11) is 0. The van der Waals surface area contributed by atoms with Crippen LogP contribution in [0.1, 0.15) is 24.4 Å². The van der Waals surface area contributed by atoms with Gasteiger partial charge in [0.25, 0.3) is 5.56 Å². The minimum Gasteiger partial charge on any atom is -0.324 e. The summed E-state index contributed by atoms with van der Waals surface area (Å²) >= 11 is 11.8. The second kappa shape index (κ2) is 7.54. The van der Waals surface area contributed by atoms with Crippen LogP contribution in [-0.2, 0) is 4.79 Å². The number of rotatable bonds is 4. The van der Waals surface area contributed by atoms with Gasteiger partial charge in [0.15, 0.2) is 5.82 Å². The van der Waals surface area contributed by atoms with Crippen LogP contribution in [0.2, 0.25) is 10.0 Å². The van der Waals surface area contributed by atoms with Crippen molar-refractivity contribution in [3.05, 3.63) is 68.2 Å². The smallest absolute Gasteiger partial charge is 0.267 e. The van der Waals surface area contributed by atoms with E-state index >= 15 is 0 Å². The lowest BCUT2D eigenvalue weighted by molar-refractivity contribution is -0.119. The van der Waals surface area contributed by atoms with Crippen LogP contribution < -0.4 is 10.9 Å². The van der Waals surface area contributed by atoms with Crippen LogP contribution in [0, 0.1) is 13.8 Å². The van der Waals surface area contributed by atoms with Gasteiger partial charge in [0.2, 0.25) is 5.91 Å². The molecule has 1 aromatic carbocycles. The average molecular weight is 406 g/mol. The molecule has 1 atom stereocenters. The first-order chi connectivity index (χ1) is 12.8. The number of benzene rings is 1. The second-order valence-corrected chi connectivity index (χ2v) is 6.92. The molecule has 27 heavy (non-hydrogen) atoms. The van der Waals surface area contributed by atoms with Gasteiger partial charge >= 0.3 is 0 Å². The molecule has 0 aliphatic carbocycles. The van der Waals surface area contributed by atoms with E-state index in [4.69, 9.17) is 23.2 Å². The number of halogens is 2. The zero-order chi connectivity index (χ0) is 19.7. The zero-order valence-electron chi connectivity index (χ0n) is 14.9. The first kappa shape index (κ1) is 19.1. The highest BCUT2D eigenvalue weighted by Crippen LogP contribution is 2.25. The van der Waals surface area contributed by atoms with E-state index in [0.29, 0.717) is 21.6 Å². The number of hydrogen-bond donors (Lipinski definition) is 1. The standard InChI is InChI=1S/C18H17Cl2N5O2/c1-10-8-11(2)24(22-10)16-6-7-17(26)25(23-16)12(3)18(27)21-13-4-5-14(19)15(20)9-13/h4-9,12H,1-3H3,(H,21,27). The van der Waals surface area contributed by atoms with E-state index in [1.165, 1.54) is 12.1 Å². The molecule has 7 nitrogen and oxygen atoms in total. The summed E-state index contributed by atoms with van der Waals surface area (Å²) in [6.45, 7) is 5.34. The molecule has 2 heterocycles. The van der Waals surface area contributed by atoms with Gasteiger partial charge in [0.05, 0.1) is 15.7 Å². The van der Waals surface area contributed by atoms with Crippen LogP contribution in [0.25, 0.3) is 5.82 Å². The number of aryl methyl sites for hydroxylation is 2. The van der Waals surface area contributed by atoms with Gasteiger partial charge in [-0.15, -0.1) is 5.10 Å². The molecule has 0 aliphatic heterocycles. The van der Waals surface area contributed by atoms with E-state index in [9.17, 15) is 9.59 Å². The number of hydrogen-bond acceptors (Lipinski definition) is 4. The third-order valence-corrected chi connectivity index (χ3v) is 4.71. The second-order valence-electron chi connectivity index (χ2n) is 6.11. The first-order valence-electron chi connectivity index (χ1n) is 8.15. The van der Waals surface area contributed by atoms with Gasteiger partial charge in [-0.05, 0) is 51.1 Å². The molecule has 0 saturated heterocycles. The molecule has 140 valence electrons. The van der Waals surface area contributed by atoms with Crippen LogP contribution in [0.3, 0.4) is 0 Å². The topological polar surface area (TPSA) is 81.8 Å². The summed E-state index contributed by atoms with van der Waals surface area (Å²) in [5.41, 5.74) is 1.79. The summed E-state index contributed by atoms with van der Waals surface area (Å²) in [5, 5.41) is 12.1. The number of anilines is 1. The largest absolute Gasteiger partial charge is 0.324 e. The molecular weight excluding hydrogens is 389 g/mol. The van der Waals surface area contributed by atoms with E-state index in [2.05, 4.69) is 15.5 Å². The Morgan fingerprint density at radius 2 is 1.81 bits per heavy atom. The van der Waals surface area contributed by atoms with Crippen molar-refractivity contribution < 1.29 is 4.79 Å². The Kier molecular flexibility index (Phi) is 5.34. The van der Waals surface area contributed by atoms with Crippen LogP contribution in [0.15, 0.2) is 41.2 Å². The van der Waals surface area contributed by atoms with Gasteiger partial charge in [-0.3, -0.25) is 9.59 Å². The number of nitrogens with one attached hydrogen (secondary N) is 1. The third-order valence-electron chi connectivity index (χ3n) is 3.97. The Hall–Kier alpha value is -2.64. The predicted molar refractivity (Wildman–Crippen MR) is 105 cm³/mol. The number of carbonyl (C=O) groups excluding carboxylic acids is 1. The van der Waals surface area contributed by atoms with E-state index in [1.54, 1.807) is 29.8 Å². The molecule has 0 radical (unpaired) electrons. The molecule has 3 aromatic rings. The highest BCUT2D eigenvalue weighted by Gasteiger charge is 2.19. The van der Waals surface area contributed by atoms with Crippen LogP contribution >= 0.6 is 23.2 Å². The molecule has 3 rings (SSSR count). The minimum absolute atomic E-state index is 0.323. The van der Waals surface area contributed by atoms with E-state index in [-0.39, 0.29) is 0 Å². The Balaban J connectivity index is 1.89. The quantitative estimate of drug-likeness (QED) is 0.719. The van der Waals surface area contributed by atoms with Gasteiger partial charge in [0.1, 0.15) is 6.04 Å². The van der Waals surface area contributed by atoms with E-state index in [0.717, 1.165) is 16.1 Å². The van der Waals surface area contributed by atoms with Gasteiger partial charge in [-0.25, -0.2) is 9.36 Å². The van der Waals surface area contributed by atoms with Crippen LogP contribution in [-0.4, -0.2) is 25.5 Å². The van der Waals surface area contributed by atoms with Crippen LogP contribution in [0.5, 0.6) is 0 Å². The molecule has 1 amide bonds. The third kappa shape index (κ3) is 4.04. The molecule has 0 aliphatic rings. The molecule has 2 aromatic heterocycles. The number of amides is 1. The average Bonchev–Trinajstić information content (AvgIpc) is 2.96. The molecule has 1 unspecified atom stereocenters. The van der Waals surface area contributed by atoms with Gasteiger partial charge in [-0.2, -0.15) is 5.10 Å². The lowest BCUT2D eigenvalue weighted by Crippen LogP contribution is -2.33. The Labute approximate surface area is 165 Å². The summed E-state index contributed by atoms with van der Waals surface area (Å²) in [6.07, 6.45) is 0. The normalized spacial score (nSPS) is 12.0. The van der Waals surface area contributed by atoms with Crippen LogP contribution in [0.4, 0.5) is 5.69 Å². The molecule has 0 bridgehead atoms. The Bertz CT molecular complexity index is 1070. The maximum Gasteiger partial charge on any atom is 0.267 e. The molecule has 0 fully saturated rings. The van der Waals surface area contributed by atoms with Gasteiger partial charge in [-0.1, -0.05) is 23.2 Å². The summed E-state index contributed by atoms with van der Waals surface area (Å²) in [6, 6.07) is 8.74. The SMILES string of the molecule is Cc1cc(C)n(-c2ccc(=O)n(C(C)C(=O)Nc3ccc(Cl)c(Cl)c3)n2)n1. The van der Waals surface area contributed by atoms with Gasteiger partial charge in [0, 0.05) is 17.4 Å². The van der Waals surface area contributed by atoms with E-state index in [1.807, 2.05) is 19.9 Å². The van der Waals surface area contributed by atoms with Crippen molar-refractivity contribution in [1.82, 2.24) is 19.6 Å². The fraction of sp³-hybridized carbons (Fsp3) is 0.222. The Morgan fingerprint density at radius 3 is 2.44 bits per heavy atom. The van der Waals surface area contributed by atoms with Crippen molar-refractivity contribution >= 4 is 34.8 Å². The van der Waals surface area contributed by atoms with Gasteiger partial charge < -0.3 is 5.32 Å². The number of carbonyl (C=O) groups is 1. The number of nitrogens with zero attached hydrogens (tertiary/aromatic N) is 4. The molecule has 0 spiro atoms. The zero-order valence-corrected chi connectivity index (χ0v) is 16.4. The van der Waals surface area contributed by atoms with Crippen molar-refractivity contribution in [3.8, 4) is 5.82 Å². The Morgan fingerprint density at radius 1 is 1.07 bits per heavy atom. The molecule has 9 heteroatoms. The summed E-state index contributed by atoms with van der Waals surface area (Å²) in [4.78, 5) is 24.8. The summed E-state index contributed by atoms with van der Waals surface area (Å²) in [5.74, 6) is 0.0443. The van der Waals surface area contributed by atoms with E-state index < -0.39 is 17.5 Å². The lowest BCUT2D eigenvalue weighted by atomic mass is 10.2. The maximum atomic E-state index is 12.6. The molecule has 0 saturated carbocycles. The van der Waals surface area contributed by atoms with Crippen molar-refractivity contribution in [2.45, 2.75) is 26.8 Å². The maximum absolute atomic E-state index is 12.6. The monoisotopic (exact) mass is 405 g/mol. The van der Waals surface area contributed by atoms with Crippen molar-refractivity contribution in [2.24, 2.45) is 0 Å². The summed E-state index contributed by atoms with van der Waals surface area (Å²) < 4.78 is 2.74. The minimum atomic E-state index is -0.844. The van der Waals surface area contributed by atoms with Crippen molar-refractivity contribution in [2.75, 3.05) is 5.32 Å². The highest BCUT2D eigenvalue weighted by molar-refractivity contribution is 6.42. The lowest BCUT2D eigenvalue weighted by Gasteiger charge is -2.15.